The fourth-order valence-corrected chi connectivity index (χ4v) is 6.55. The van der Waals surface area contributed by atoms with Crippen molar-refractivity contribution in [3.05, 3.63) is 107 Å². The van der Waals surface area contributed by atoms with E-state index in [4.69, 9.17) is 17.3 Å². The number of nitrogens with one attached hydrogen (secondary N) is 4. The highest BCUT2D eigenvalue weighted by atomic mass is 35.5. The van der Waals surface area contributed by atoms with Gasteiger partial charge in [0, 0.05) is 65.4 Å². The van der Waals surface area contributed by atoms with E-state index in [1.165, 1.54) is 0 Å². The molecule has 0 spiro atoms. The average molecular weight is 639 g/mol. The van der Waals surface area contributed by atoms with Gasteiger partial charge in [0.15, 0.2) is 0 Å². The van der Waals surface area contributed by atoms with E-state index in [1.807, 2.05) is 73.1 Å². The lowest BCUT2D eigenvalue weighted by atomic mass is 9.94. The number of hydrogen-bond donors (Lipinski definition) is 5. The minimum Gasteiger partial charge on any atom is -0.361 e. The fraction of sp³-hybridized carbons (Fsp3) is 0.306. The first-order chi connectivity index (χ1) is 22.4. The number of amides is 3. The van der Waals surface area contributed by atoms with E-state index >= 15 is 0 Å². The van der Waals surface area contributed by atoms with Gasteiger partial charge in [0.25, 0.3) is 0 Å². The first-order valence-corrected chi connectivity index (χ1v) is 16.2. The van der Waals surface area contributed by atoms with Crippen LogP contribution in [0.15, 0.2) is 85.2 Å². The maximum atomic E-state index is 13.6. The summed E-state index contributed by atoms with van der Waals surface area (Å²) < 4.78 is 0. The summed E-state index contributed by atoms with van der Waals surface area (Å²) in [7, 11) is 0. The van der Waals surface area contributed by atoms with Crippen molar-refractivity contribution in [3.63, 3.8) is 0 Å². The largest absolute Gasteiger partial charge is 0.361 e. The molecule has 0 radical (unpaired) electrons. The van der Waals surface area contributed by atoms with E-state index in [-0.39, 0.29) is 30.8 Å². The predicted octanol–water partition coefficient (Wildman–Crippen LogP) is 4.35. The molecule has 0 bridgehead atoms. The number of fused-ring (bicyclic) bond motifs is 2. The Morgan fingerprint density at radius 3 is 1.78 bits per heavy atom. The van der Waals surface area contributed by atoms with Crippen LogP contribution >= 0.6 is 11.6 Å². The Labute approximate surface area is 272 Å². The Balaban J connectivity index is 1.09. The number of carbonyl (C=O) groups is 3. The van der Waals surface area contributed by atoms with Crippen LogP contribution in [0.2, 0.25) is 5.02 Å². The van der Waals surface area contributed by atoms with E-state index in [2.05, 4.69) is 32.7 Å². The van der Waals surface area contributed by atoms with Crippen molar-refractivity contribution in [3.8, 4) is 0 Å². The van der Waals surface area contributed by atoms with E-state index in [9.17, 15) is 14.4 Å². The number of rotatable bonds is 12. The SMILES string of the molecule is N[C@@H](CCc1ccc(Cl)cc1)C(=O)N1C[C@@H](C(=O)NCCc2c[nH]c3ccccc23)[C@H](C(=O)NCCc2c[nH]c3ccccc23)C1. The molecule has 46 heavy (non-hydrogen) atoms. The average Bonchev–Trinajstić information content (AvgIpc) is 3.82. The predicted molar refractivity (Wildman–Crippen MR) is 181 cm³/mol. The Bertz CT molecular complexity index is 1730. The highest BCUT2D eigenvalue weighted by Gasteiger charge is 2.44. The second-order valence-electron chi connectivity index (χ2n) is 12.0. The van der Waals surface area contributed by atoms with Crippen molar-refractivity contribution in [2.45, 2.75) is 31.7 Å². The van der Waals surface area contributed by atoms with Crippen molar-refractivity contribution >= 4 is 51.1 Å². The summed E-state index contributed by atoms with van der Waals surface area (Å²) in [6.07, 6.45) is 6.27. The number of nitrogens with zero attached hydrogens (tertiary/aromatic N) is 1. The quantitative estimate of drug-likeness (QED) is 0.139. The molecule has 6 N–H and O–H groups in total. The Morgan fingerprint density at radius 2 is 1.26 bits per heavy atom. The number of para-hydroxylation sites is 2. The van der Waals surface area contributed by atoms with Gasteiger partial charge in [-0.2, -0.15) is 0 Å². The van der Waals surface area contributed by atoms with Gasteiger partial charge in [-0.25, -0.2) is 0 Å². The van der Waals surface area contributed by atoms with Gasteiger partial charge in [-0.05, 0) is 66.6 Å². The molecule has 1 aliphatic rings. The van der Waals surface area contributed by atoms with Gasteiger partial charge in [-0.1, -0.05) is 60.1 Å². The maximum absolute atomic E-state index is 13.6. The first kappa shape index (κ1) is 31.4. The summed E-state index contributed by atoms with van der Waals surface area (Å²) in [6, 6.07) is 22.8. The number of aryl methyl sites for hydroxylation is 1. The third-order valence-corrected chi connectivity index (χ3v) is 9.27. The van der Waals surface area contributed by atoms with Crippen LogP contribution in [0, 0.1) is 11.8 Å². The van der Waals surface area contributed by atoms with Crippen molar-refractivity contribution in [2.24, 2.45) is 17.6 Å². The van der Waals surface area contributed by atoms with Gasteiger partial charge in [0.2, 0.25) is 17.7 Å². The zero-order valence-electron chi connectivity index (χ0n) is 25.6. The summed E-state index contributed by atoms with van der Waals surface area (Å²) in [5.74, 6) is -2.07. The smallest absolute Gasteiger partial charge is 0.239 e. The summed E-state index contributed by atoms with van der Waals surface area (Å²) >= 11 is 6.00. The zero-order valence-corrected chi connectivity index (χ0v) is 26.4. The van der Waals surface area contributed by atoms with E-state index < -0.39 is 17.9 Å². The van der Waals surface area contributed by atoms with Crippen LogP contribution in [0.5, 0.6) is 0 Å². The van der Waals surface area contributed by atoms with Gasteiger partial charge in [0.05, 0.1) is 17.9 Å². The second kappa shape index (κ2) is 14.2. The third kappa shape index (κ3) is 7.11. The molecular formula is C36H39ClN6O3. The molecule has 1 saturated heterocycles. The van der Waals surface area contributed by atoms with Crippen LogP contribution in [0.4, 0.5) is 0 Å². The van der Waals surface area contributed by atoms with Crippen LogP contribution in [0.3, 0.4) is 0 Å². The van der Waals surface area contributed by atoms with Crippen LogP contribution in [-0.4, -0.2) is 64.8 Å². The molecule has 0 aliphatic carbocycles. The van der Waals surface area contributed by atoms with Crippen molar-refractivity contribution in [1.29, 1.82) is 0 Å². The monoisotopic (exact) mass is 638 g/mol. The fourth-order valence-electron chi connectivity index (χ4n) is 6.43. The lowest BCUT2D eigenvalue weighted by Gasteiger charge is -2.21. The van der Waals surface area contributed by atoms with E-state index in [0.717, 1.165) is 38.5 Å². The molecule has 3 atom stereocenters. The standard InChI is InChI=1S/C36H39ClN6O3/c37-26-12-9-23(10-13-26)11-14-31(38)36(46)43-21-29(34(44)39-17-15-24-19-41-32-7-3-1-5-27(24)32)30(22-43)35(45)40-18-16-25-20-42-33-8-4-2-6-28(25)33/h1-10,12-13,19-20,29-31,41-42H,11,14-18,21-22,38H2,(H,39,44)(H,40,45)/t29-,30-,31+/m1/s1. The van der Waals surface area contributed by atoms with Crippen molar-refractivity contribution in [2.75, 3.05) is 26.2 Å². The maximum Gasteiger partial charge on any atom is 0.239 e. The first-order valence-electron chi connectivity index (χ1n) is 15.8. The number of aromatic nitrogens is 2. The van der Waals surface area contributed by atoms with Gasteiger partial charge in [-0.3, -0.25) is 14.4 Å². The van der Waals surface area contributed by atoms with Crippen LogP contribution in [0.1, 0.15) is 23.1 Å². The second-order valence-corrected chi connectivity index (χ2v) is 12.5. The topological polar surface area (TPSA) is 136 Å². The van der Waals surface area contributed by atoms with Gasteiger partial charge in [-0.15, -0.1) is 0 Å². The molecule has 3 amide bonds. The molecule has 3 heterocycles. The molecule has 0 unspecified atom stereocenters. The summed E-state index contributed by atoms with van der Waals surface area (Å²) in [5.41, 5.74) is 11.7. The molecule has 5 aromatic rings. The molecule has 2 aromatic heterocycles. The van der Waals surface area contributed by atoms with Crippen molar-refractivity contribution < 1.29 is 14.4 Å². The number of benzene rings is 3. The highest BCUT2D eigenvalue weighted by Crippen LogP contribution is 2.26. The zero-order chi connectivity index (χ0) is 32.0. The minimum absolute atomic E-state index is 0.146. The lowest BCUT2D eigenvalue weighted by molar-refractivity contribution is -0.132. The van der Waals surface area contributed by atoms with Crippen LogP contribution < -0.4 is 16.4 Å². The van der Waals surface area contributed by atoms with E-state index in [0.29, 0.717) is 43.8 Å². The normalized spacial score (nSPS) is 17.0. The number of H-pyrrole nitrogens is 2. The van der Waals surface area contributed by atoms with Gasteiger partial charge in [0.1, 0.15) is 0 Å². The molecule has 9 nitrogen and oxygen atoms in total. The summed E-state index contributed by atoms with van der Waals surface area (Å²) in [4.78, 5) is 48.7. The number of halogens is 1. The molecule has 238 valence electrons. The van der Waals surface area contributed by atoms with E-state index in [1.54, 1.807) is 4.90 Å². The molecule has 1 aliphatic heterocycles. The Morgan fingerprint density at radius 1 is 0.761 bits per heavy atom. The molecule has 3 aromatic carbocycles. The Hall–Kier alpha value is -4.60. The molecule has 10 heteroatoms. The van der Waals surface area contributed by atoms with Crippen molar-refractivity contribution in [1.82, 2.24) is 25.5 Å². The number of carbonyl (C=O) groups excluding carboxylic acids is 3. The highest BCUT2D eigenvalue weighted by molar-refractivity contribution is 6.30. The van der Waals surface area contributed by atoms with Crippen LogP contribution in [-0.2, 0) is 33.6 Å². The van der Waals surface area contributed by atoms with Gasteiger partial charge < -0.3 is 31.2 Å². The molecule has 1 fully saturated rings. The minimum atomic E-state index is -0.745. The number of hydrogen-bond acceptors (Lipinski definition) is 4. The third-order valence-electron chi connectivity index (χ3n) is 9.02. The summed E-state index contributed by atoms with van der Waals surface area (Å²) in [6.45, 7) is 1.13. The number of nitrogens with two attached hydrogens (primary N) is 1. The molecule has 0 saturated carbocycles. The number of aromatic amines is 2. The summed E-state index contributed by atoms with van der Waals surface area (Å²) in [5, 5.41) is 8.96. The lowest BCUT2D eigenvalue weighted by Crippen LogP contribution is -2.44. The number of likely N-dealkylation sites (tertiary alicyclic amines) is 1. The van der Waals surface area contributed by atoms with Crippen LogP contribution in [0.25, 0.3) is 21.8 Å². The Kier molecular flexibility index (Phi) is 9.71. The molecular weight excluding hydrogens is 600 g/mol. The molecule has 6 rings (SSSR count). The van der Waals surface area contributed by atoms with Gasteiger partial charge >= 0.3 is 0 Å².